The fourth-order valence-electron chi connectivity index (χ4n) is 4.61. The van der Waals surface area contributed by atoms with E-state index in [0.29, 0.717) is 24.5 Å². The van der Waals surface area contributed by atoms with Gasteiger partial charge in [-0.15, -0.1) is 0 Å². The third-order valence-corrected chi connectivity index (χ3v) is 7.34. The molecule has 8 nitrogen and oxygen atoms in total. The molecule has 1 aliphatic heterocycles. The summed E-state index contributed by atoms with van der Waals surface area (Å²) in [6, 6.07) is 12.7. The van der Waals surface area contributed by atoms with Gasteiger partial charge < -0.3 is 25.2 Å². The summed E-state index contributed by atoms with van der Waals surface area (Å²) < 4.78 is 5.39. The quantitative estimate of drug-likeness (QED) is 0.492. The van der Waals surface area contributed by atoms with Crippen molar-refractivity contribution in [2.45, 2.75) is 45.8 Å². The third kappa shape index (κ3) is 5.82. The van der Waals surface area contributed by atoms with Crippen molar-refractivity contribution in [2.24, 2.45) is 11.3 Å². The minimum absolute atomic E-state index is 0.0341. The highest BCUT2D eigenvalue weighted by atomic mass is 35.5. The topological polar surface area (TPSA) is 116 Å². The summed E-state index contributed by atoms with van der Waals surface area (Å²) in [5.74, 6) is -2.14. The van der Waals surface area contributed by atoms with Crippen LogP contribution in [0, 0.1) is 11.3 Å². The number of amides is 2. The van der Waals surface area contributed by atoms with E-state index in [2.05, 4.69) is 5.32 Å². The number of rotatable bonds is 8. The Morgan fingerprint density at radius 1 is 1.11 bits per heavy atom. The van der Waals surface area contributed by atoms with Crippen LogP contribution < -0.4 is 10.1 Å². The summed E-state index contributed by atoms with van der Waals surface area (Å²) in [5, 5.41) is 24.1. The maximum absolute atomic E-state index is 13.3. The van der Waals surface area contributed by atoms with Crippen LogP contribution in [0.5, 0.6) is 5.75 Å². The van der Waals surface area contributed by atoms with Crippen LogP contribution in [0.4, 0.5) is 0 Å². The molecule has 3 N–H and O–H groups in total. The molecular formula is C27H33ClN2O6. The lowest BCUT2D eigenvalue weighted by Gasteiger charge is -2.51. The van der Waals surface area contributed by atoms with E-state index in [4.69, 9.17) is 16.3 Å². The van der Waals surface area contributed by atoms with Gasteiger partial charge in [0.25, 0.3) is 5.91 Å². The highest BCUT2D eigenvalue weighted by molar-refractivity contribution is 6.30. The zero-order valence-electron chi connectivity index (χ0n) is 21.0. The number of para-hydroxylation sites is 1. The van der Waals surface area contributed by atoms with Crippen molar-refractivity contribution in [1.82, 2.24) is 10.2 Å². The first kappa shape index (κ1) is 27.5. The van der Waals surface area contributed by atoms with Crippen molar-refractivity contribution in [3.63, 3.8) is 0 Å². The highest BCUT2D eigenvalue weighted by Crippen LogP contribution is 2.46. The Hall–Kier alpha value is -3.10. The highest BCUT2D eigenvalue weighted by Gasteiger charge is 2.50. The average molecular weight is 517 g/mol. The maximum Gasteiger partial charge on any atom is 0.339 e. The number of hydrogen-bond donors (Lipinski definition) is 3. The van der Waals surface area contributed by atoms with Crippen molar-refractivity contribution in [3.05, 3.63) is 64.7 Å². The number of halogens is 1. The zero-order chi connectivity index (χ0) is 26.7. The number of carbonyl (C=O) groups excluding carboxylic acids is 2. The van der Waals surface area contributed by atoms with Crippen LogP contribution in [0.15, 0.2) is 48.5 Å². The molecule has 0 saturated carbocycles. The predicted molar refractivity (Wildman–Crippen MR) is 136 cm³/mol. The monoisotopic (exact) mass is 516 g/mol. The van der Waals surface area contributed by atoms with Gasteiger partial charge in [0.15, 0.2) is 6.61 Å². The van der Waals surface area contributed by atoms with E-state index in [9.17, 15) is 24.6 Å². The van der Waals surface area contributed by atoms with Crippen LogP contribution in [0.2, 0.25) is 5.02 Å². The first-order chi connectivity index (χ1) is 16.9. The molecule has 2 amide bonds. The average Bonchev–Trinajstić information content (AvgIpc) is 2.83. The lowest BCUT2D eigenvalue weighted by atomic mass is 9.66. The van der Waals surface area contributed by atoms with Crippen molar-refractivity contribution in [3.8, 4) is 5.75 Å². The molecule has 0 aliphatic carbocycles. The number of ether oxygens (including phenoxy) is 1. The van der Waals surface area contributed by atoms with Gasteiger partial charge in [-0.2, -0.15) is 0 Å². The Labute approximate surface area is 216 Å². The predicted octanol–water partition coefficient (Wildman–Crippen LogP) is 3.70. The van der Waals surface area contributed by atoms with Gasteiger partial charge >= 0.3 is 5.97 Å². The Bertz CT molecular complexity index is 1120. The second-order valence-corrected chi connectivity index (χ2v) is 10.4. The van der Waals surface area contributed by atoms with Crippen molar-refractivity contribution in [1.29, 1.82) is 0 Å². The summed E-state index contributed by atoms with van der Waals surface area (Å²) in [6.45, 7) is 7.71. The molecule has 2 aromatic carbocycles. The van der Waals surface area contributed by atoms with Gasteiger partial charge in [-0.05, 0) is 43.2 Å². The van der Waals surface area contributed by atoms with Gasteiger partial charge in [-0.3, -0.25) is 9.59 Å². The van der Waals surface area contributed by atoms with Crippen LogP contribution in [0.1, 0.15) is 50.0 Å². The number of piperidine rings is 1. The van der Waals surface area contributed by atoms with Gasteiger partial charge in [0.2, 0.25) is 5.91 Å². The molecule has 1 saturated heterocycles. The van der Waals surface area contributed by atoms with E-state index in [1.54, 1.807) is 43.0 Å². The SMILES string of the molecule is CC(NC(=O)COc1ccccc1C(=O)O)[C@@H](C)C(=O)N1CC[C@](O)(c2ccc(Cl)cc2)C(C)(C)C1. The van der Waals surface area contributed by atoms with Gasteiger partial charge in [-0.25, -0.2) is 4.79 Å². The standard InChI is InChI=1S/C27H33ClN2O6/c1-17(18(2)29-23(31)15-36-22-8-6-5-7-21(22)25(33)34)24(32)30-14-13-27(35,26(3,4)16-30)19-9-11-20(28)12-10-19/h5-12,17-18,35H,13-16H2,1-4H3,(H,29,31)(H,33,34)/t17-,18?,27+/m1/s1. The number of nitrogens with zero attached hydrogens (tertiary/aromatic N) is 1. The molecule has 194 valence electrons. The summed E-state index contributed by atoms with van der Waals surface area (Å²) in [6.07, 6.45) is 0.373. The van der Waals surface area contributed by atoms with Gasteiger partial charge in [0.1, 0.15) is 11.3 Å². The van der Waals surface area contributed by atoms with Gasteiger partial charge in [0.05, 0.1) is 11.5 Å². The third-order valence-electron chi connectivity index (χ3n) is 7.09. The molecule has 1 aliphatic rings. The number of hydrogen-bond acceptors (Lipinski definition) is 5. The van der Waals surface area contributed by atoms with E-state index >= 15 is 0 Å². The van der Waals surface area contributed by atoms with Crippen molar-refractivity contribution >= 4 is 29.4 Å². The Kier molecular flexibility index (Phi) is 8.31. The normalized spacial score (nSPS) is 20.8. The number of benzene rings is 2. The van der Waals surface area contributed by atoms with Crippen LogP contribution in [-0.2, 0) is 15.2 Å². The van der Waals surface area contributed by atoms with Crippen molar-refractivity contribution < 1.29 is 29.3 Å². The fraction of sp³-hybridized carbons (Fsp3) is 0.444. The second kappa shape index (κ2) is 10.9. The smallest absolute Gasteiger partial charge is 0.339 e. The molecule has 36 heavy (non-hydrogen) atoms. The number of carboxylic acid groups (broad SMARTS) is 1. The molecule has 2 aromatic rings. The lowest BCUT2D eigenvalue weighted by Crippen LogP contribution is -2.58. The molecule has 0 spiro atoms. The first-order valence-electron chi connectivity index (χ1n) is 11.9. The number of carbonyl (C=O) groups is 3. The van der Waals surface area contributed by atoms with Gasteiger partial charge in [-0.1, -0.05) is 56.6 Å². The number of likely N-dealkylation sites (tertiary alicyclic amines) is 1. The number of nitrogens with one attached hydrogen (secondary N) is 1. The summed E-state index contributed by atoms with van der Waals surface area (Å²) in [4.78, 5) is 38.7. The van der Waals surface area contributed by atoms with E-state index in [1.165, 1.54) is 12.1 Å². The van der Waals surface area contributed by atoms with Crippen molar-refractivity contribution in [2.75, 3.05) is 19.7 Å². The molecule has 9 heteroatoms. The molecule has 1 heterocycles. The minimum Gasteiger partial charge on any atom is -0.483 e. The number of aromatic carboxylic acids is 1. The summed E-state index contributed by atoms with van der Waals surface area (Å²) in [5.41, 5.74) is -0.997. The molecule has 3 rings (SSSR count). The van der Waals surface area contributed by atoms with Gasteiger partial charge in [0, 0.05) is 29.6 Å². The second-order valence-electron chi connectivity index (χ2n) is 10.00. The molecule has 0 aromatic heterocycles. The molecule has 0 bridgehead atoms. The number of aliphatic hydroxyl groups is 1. The Morgan fingerprint density at radius 3 is 2.36 bits per heavy atom. The van der Waals surface area contributed by atoms with E-state index in [-0.39, 0.29) is 23.8 Å². The maximum atomic E-state index is 13.3. The Balaban J connectivity index is 1.58. The summed E-state index contributed by atoms with van der Waals surface area (Å²) in [7, 11) is 0. The largest absolute Gasteiger partial charge is 0.483 e. The Morgan fingerprint density at radius 2 is 1.75 bits per heavy atom. The molecule has 1 unspecified atom stereocenters. The van der Waals surface area contributed by atoms with Crippen LogP contribution in [-0.4, -0.2) is 58.6 Å². The van der Waals surface area contributed by atoms with Crippen LogP contribution in [0.25, 0.3) is 0 Å². The molecule has 0 radical (unpaired) electrons. The lowest BCUT2D eigenvalue weighted by molar-refractivity contribution is -0.156. The zero-order valence-corrected chi connectivity index (χ0v) is 21.7. The number of carboxylic acids is 1. The first-order valence-corrected chi connectivity index (χ1v) is 12.3. The molecule has 1 fully saturated rings. The van der Waals surface area contributed by atoms with E-state index in [0.717, 1.165) is 5.56 Å². The van der Waals surface area contributed by atoms with E-state index in [1.807, 2.05) is 26.0 Å². The van der Waals surface area contributed by atoms with E-state index < -0.39 is 34.9 Å². The molecular weight excluding hydrogens is 484 g/mol. The minimum atomic E-state index is -1.15. The van der Waals surface area contributed by atoms with Crippen LogP contribution >= 0.6 is 11.6 Å². The summed E-state index contributed by atoms with van der Waals surface area (Å²) >= 11 is 6.01. The van der Waals surface area contributed by atoms with Crippen LogP contribution in [0.3, 0.4) is 0 Å². The molecule has 3 atom stereocenters. The fourth-order valence-corrected chi connectivity index (χ4v) is 4.73.